The van der Waals surface area contributed by atoms with Crippen LogP contribution in [0.2, 0.25) is 6.55 Å². The summed E-state index contributed by atoms with van der Waals surface area (Å²) in [5, 5.41) is 3.39. The molecule has 1 N–H and O–H groups in total. The van der Waals surface area contributed by atoms with E-state index in [0.717, 1.165) is 6.42 Å². The Kier molecular flexibility index (Phi) is 7.40. The van der Waals surface area contributed by atoms with E-state index < -0.39 is 0 Å². The van der Waals surface area contributed by atoms with Gasteiger partial charge in [-0.3, -0.25) is 0 Å². The first-order valence-corrected chi connectivity index (χ1v) is 7.14. The molecule has 1 aromatic rings. The molecule has 0 aliphatic rings. The van der Waals surface area contributed by atoms with E-state index in [1.807, 2.05) is 18.2 Å². The summed E-state index contributed by atoms with van der Waals surface area (Å²) >= 11 is 0. The molecule has 1 rings (SSSR count). The maximum absolute atomic E-state index is 3.39. The summed E-state index contributed by atoms with van der Waals surface area (Å²) in [6.45, 7) is 6.51. The van der Waals surface area contributed by atoms with Crippen molar-refractivity contribution in [3.05, 3.63) is 30.3 Å². The van der Waals surface area contributed by atoms with Crippen LogP contribution in [0.4, 0.5) is 5.69 Å². The molecule has 0 spiro atoms. The van der Waals surface area contributed by atoms with Gasteiger partial charge in [-0.2, -0.15) is 0 Å². The van der Waals surface area contributed by atoms with Crippen LogP contribution >= 0.6 is 0 Å². The first-order chi connectivity index (χ1) is 6.33. The van der Waals surface area contributed by atoms with Crippen molar-refractivity contribution in [3.63, 3.8) is 0 Å². The summed E-state index contributed by atoms with van der Waals surface area (Å²) in [6, 6.07) is 10.9. The second-order valence-electron chi connectivity index (χ2n) is 2.82. The Bertz CT molecular complexity index is 199. The Labute approximate surface area is 85.0 Å². The van der Waals surface area contributed by atoms with E-state index in [-0.39, 0.29) is 0 Å². The lowest BCUT2D eigenvalue weighted by Gasteiger charge is -2.11. The maximum Gasteiger partial charge on any atom is 0.0342 e. The van der Waals surface area contributed by atoms with Crippen LogP contribution in [0.15, 0.2) is 30.3 Å². The van der Waals surface area contributed by atoms with Gasteiger partial charge in [0.1, 0.15) is 0 Å². The Hall–Kier alpha value is -0.763. The predicted octanol–water partition coefficient (Wildman–Crippen LogP) is 2.30. The number of hydrogen-bond donors (Lipinski definition) is 1. The Morgan fingerprint density at radius 2 is 1.77 bits per heavy atom. The molecule has 2 heteroatoms. The van der Waals surface area contributed by atoms with Crippen molar-refractivity contribution < 1.29 is 0 Å². The fraction of sp³-hybridized carbons (Fsp3) is 0.455. The first kappa shape index (κ1) is 12.2. The number of nitrogens with one attached hydrogen (secondary N) is 1. The van der Waals surface area contributed by atoms with Crippen molar-refractivity contribution in [2.45, 2.75) is 32.9 Å². The molecule has 13 heavy (non-hydrogen) atoms. The smallest absolute Gasteiger partial charge is 0.0342 e. The molecule has 0 aliphatic heterocycles. The minimum absolute atomic E-state index is 0.567. The largest absolute Gasteiger partial charge is 0.383 e. The molecule has 0 bridgehead atoms. The Morgan fingerprint density at radius 3 is 2.23 bits per heavy atom. The van der Waals surface area contributed by atoms with Crippen molar-refractivity contribution in [1.29, 1.82) is 0 Å². The average Bonchev–Trinajstić information content (AvgIpc) is 2.22. The van der Waals surface area contributed by atoms with E-state index in [2.05, 4.69) is 37.8 Å². The van der Waals surface area contributed by atoms with Crippen LogP contribution < -0.4 is 5.32 Å². The molecule has 0 aromatic heterocycles. The Balaban J connectivity index is 0.000000671. The zero-order chi connectivity index (χ0) is 10.1. The van der Waals surface area contributed by atoms with Crippen LogP contribution in [-0.4, -0.2) is 16.3 Å². The van der Waals surface area contributed by atoms with Crippen LogP contribution in [0.25, 0.3) is 0 Å². The highest BCUT2D eigenvalue weighted by Crippen LogP contribution is 2.07. The van der Waals surface area contributed by atoms with Crippen molar-refractivity contribution in [2.75, 3.05) is 5.32 Å². The van der Waals surface area contributed by atoms with Crippen LogP contribution in [0.1, 0.15) is 20.3 Å². The number of anilines is 1. The summed E-state index contributed by atoms with van der Waals surface area (Å²) < 4.78 is 0. The molecule has 1 unspecified atom stereocenters. The second-order valence-corrected chi connectivity index (χ2v) is 2.82. The minimum Gasteiger partial charge on any atom is -0.383 e. The molecule has 0 fully saturated rings. The lowest BCUT2D eigenvalue weighted by Crippen LogP contribution is -2.12. The number of hydrogen-bond acceptors (Lipinski definition) is 1. The highest BCUT2D eigenvalue weighted by atomic mass is 28.1. The lowest BCUT2D eigenvalue weighted by molar-refractivity contribution is 0.764. The van der Waals surface area contributed by atoms with E-state index >= 15 is 0 Å². The van der Waals surface area contributed by atoms with E-state index in [1.54, 1.807) is 0 Å². The standard InChI is InChI=1S/C10H15N.CH6Si/c1-3-9(2)11-10-7-5-4-6-8-10;1-2/h4-9,11H,3H2,1-2H3;1-2H3. The number of para-hydroxylation sites is 1. The summed E-state index contributed by atoms with van der Waals surface area (Å²) in [5.41, 5.74) is 1.21. The van der Waals surface area contributed by atoms with Crippen molar-refractivity contribution >= 4 is 15.9 Å². The Morgan fingerprint density at radius 1 is 1.23 bits per heavy atom. The number of benzene rings is 1. The number of rotatable bonds is 3. The van der Waals surface area contributed by atoms with Crippen molar-refractivity contribution in [3.8, 4) is 0 Å². The molecule has 1 atom stereocenters. The van der Waals surface area contributed by atoms with E-state index in [4.69, 9.17) is 0 Å². The zero-order valence-corrected chi connectivity index (χ0v) is 11.2. The van der Waals surface area contributed by atoms with Crippen molar-refractivity contribution in [2.24, 2.45) is 0 Å². The fourth-order valence-corrected chi connectivity index (χ4v) is 0.921. The lowest BCUT2D eigenvalue weighted by atomic mass is 10.2. The fourth-order valence-electron chi connectivity index (χ4n) is 0.921. The molecule has 0 aliphatic carbocycles. The van der Waals surface area contributed by atoms with Crippen molar-refractivity contribution in [1.82, 2.24) is 0 Å². The molecule has 1 nitrogen and oxygen atoms in total. The van der Waals surface area contributed by atoms with Crippen LogP contribution in [0.5, 0.6) is 0 Å². The van der Waals surface area contributed by atoms with Gasteiger partial charge in [0.25, 0.3) is 0 Å². The third-order valence-electron chi connectivity index (χ3n) is 1.80. The molecule has 0 saturated carbocycles. The van der Waals surface area contributed by atoms with Crippen LogP contribution in [-0.2, 0) is 0 Å². The molecule has 1 aromatic carbocycles. The third kappa shape index (κ3) is 5.47. The van der Waals surface area contributed by atoms with Crippen LogP contribution in [0.3, 0.4) is 0 Å². The average molecular weight is 195 g/mol. The quantitative estimate of drug-likeness (QED) is 0.730. The van der Waals surface area contributed by atoms with Gasteiger partial charge in [0.05, 0.1) is 0 Å². The highest BCUT2D eigenvalue weighted by Gasteiger charge is 1.95. The summed E-state index contributed by atoms with van der Waals surface area (Å²) in [5.74, 6) is 0. The molecule has 74 valence electrons. The van der Waals surface area contributed by atoms with E-state index in [1.165, 1.54) is 15.9 Å². The summed E-state index contributed by atoms with van der Waals surface area (Å²) in [4.78, 5) is 0. The van der Waals surface area contributed by atoms with Gasteiger partial charge in [-0.15, -0.1) is 0 Å². The molecular formula is C11H21NSi. The third-order valence-corrected chi connectivity index (χ3v) is 1.80. The van der Waals surface area contributed by atoms with Gasteiger partial charge >= 0.3 is 0 Å². The van der Waals surface area contributed by atoms with Crippen LogP contribution in [0, 0.1) is 0 Å². The van der Waals surface area contributed by atoms with E-state index in [9.17, 15) is 0 Å². The van der Waals surface area contributed by atoms with Gasteiger partial charge in [0.2, 0.25) is 0 Å². The zero-order valence-electron chi connectivity index (χ0n) is 9.17. The SMILES string of the molecule is CCC(C)Nc1ccccc1.C[SiH3]. The van der Waals surface area contributed by atoms with Gasteiger partial charge in [0, 0.05) is 11.7 Å². The molecule has 0 radical (unpaired) electrons. The highest BCUT2D eigenvalue weighted by molar-refractivity contribution is 6.05. The second kappa shape index (κ2) is 7.86. The van der Waals surface area contributed by atoms with Gasteiger partial charge < -0.3 is 5.32 Å². The first-order valence-electron chi connectivity index (χ1n) is 5.14. The van der Waals surface area contributed by atoms with Gasteiger partial charge in [-0.1, -0.05) is 31.7 Å². The molecular weight excluding hydrogens is 174 g/mol. The molecule has 0 heterocycles. The van der Waals surface area contributed by atoms with E-state index in [0.29, 0.717) is 6.04 Å². The summed E-state index contributed by atoms with van der Waals surface area (Å²) in [7, 11) is 1.31. The molecule has 0 saturated heterocycles. The minimum atomic E-state index is 0.567. The normalized spacial score (nSPS) is 11.3. The maximum atomic E-state index is 3.39. The monoisotopic (exact) mass is 195 g/mol. The molecule has 0 amide bonds. The van der Waals surface area contributed by atoms with Gasteiger partial charge in [-0.05, 0) is 35.7 Å². The summed E-state index contributed by atoms with van der Waals surface area (Å²) in [6.07, 6.45) is 1.16. The topological polar surface area (TPSA) is 12.0 Å². The van der Waals surface area contributed by atoms with Gasteiger partial charge in [0.15, 0.2) is 0 Å². The predicted molar refractivity (Wildman–Crippen MR) is 65.6 cm³/mol. The van der Waals surface area contributed by atoms with Gasteiger partial charge in [-0.25, -0.2) is 0 Å².